The Labute approximate surface area is 185 Å². The van der Waals surface area contributed by atoms with Crippen molar-refractivity contribution in [1.82, 2.24) is 15.5 Å². The summed E-state index contributed by atoms with van der Waals surface area (Å²) in [5.74, 6) is 1.10. The van der Waals surface area contributed by atoms with Gasteiger partial charge in [-0.3, -0.25) is 9.79 Å². The number of aliphatic imine (C=N–C) groups is 1. The largest absolute Gasteiger partial charge is 0.356 e. The summed E-state index contributed by atoms with van der Waals surface area (Å²) in [7, 11) is 1.79. The van der Waals surface area contributed by atoms with Gasteiger partial charge in [-0.2, -0.15) is 0 Å². The van der Waals surface area contributed by atoms with Crippen molar-refractivity contribution < 1.29 is 4.79 Å². The molecule has 0 spiro atoms. The van der Waals surface area contributed by atoms with Crippen LogP contribution in [0.2, 0.25) is 0 Å². The number of halogens is 1. The van der Waals surface area contributed by atoms with E-state index in [2.05, 4.69) is 58.1 Å². The summed E-state index contributed by atoms with van der Waals surface area (Å²) < 4.78 is 0. The number of hydrogen-bond donors (Lipinski definition) is 2. The van der Waals surface area contributed by atoms with Gasteiger partial charge in [0.05, 0.1) is 0 Å². The van der Waals surface area contributed by atoms with Crippen LogP contribution in [0.5, 0.6) is 0 Å². The zero-order valence-electron chi connectivity index (χ0n) is 16.9. The molecule has 1 fully saturated rings. The lowest BCUT2D eigenvalue weighted by molar-refractivity contribution is -0.133. The fourth-order valence-electron chi connectivity index (χ4n) is 3.66. The molecule has 1 heterocycles. The maximum atomic E-state index is 12.1. The number of carbonyl (C=O) groups excluding carboxylic acids is 1. The van der Waals surface area contributed by atoms with Gasteiger partial charge in [0.1, 0.15) is 0 Å². The lowest BCUT2D eigenvalue weighted by Gasteiger charge is -2.20. The molecular formula is C22H31IN4O. The van der Waals surface area contributed by atoms with E-state index in [1.165, 1.54) is 16.3 Å². The van der Waals surface area contributed by atoms with Crippen LogP contribution in [-0.4, -0.2) is 49.5 Å². The SMILES string of the molecule is CN=C(NCCc1cccc2ccccc12)NC1CCN(C(=O)C(C)C)C1.I. The minimum atomic E-state index is 0. The number of rotatable bonds is 5. The number of guanidine groups is 1. The lowest BCUT2D eigenvalue weighted by atomic mass is 10.0. The molecule has 1 saturated heterocycles. The highest BCUT2D eigenvalue weighted by Gasteiger charge is 2.27. The van der Waals surface area contributed by atoms with Crippen molar-refractivity contribution in [1.29, 1.82) is 0 Å². The Morgan fingerprint density at radius 1 is 1.21 bits per heavy atom. The van der Waals surface area contributed by atoms with Crippen LogP contribution in [0.15, 0.2) is 47.5 Å². The molecule has 0 radical (unpaired) electrons. The number of hydrogen-bond acceptors (Lipinski definition) is 2. The lowest BCUT2D eigenvalue weighted by Crippen LogP contribution is -2.45. The summed E-state index contributed by atoms with van der Waals surface area (Å²) in [5, 5.41) is 9.45. The highest BCUT2D eigenvalue weighted by molar-refractivity contribution is 14.0. The molecule has 0 aliphatic carbocycles. The highest BCUT2D eigenvalue weighted by Crippen LogP contribution is 2.18. The van der Waals surface area contributed by atoms with Crippen molar-refractivity contribution in [3.63, 3.8) is 0 Å². The number of carbonyl (C=O) groups is 1. The zero-order valence-corrected chi connectivity index (χ0v) is 19.3. The van der Waals surface area contributed by atoms with Crippen LogP contribution in [-0.2, 0) is 11.2 Å². The van der Waals surface area contributed by atoms with Crippen LogP contribution < -0.4 is 10.6 Å². The third kappa shape index (κ3) is 5.59. The second-order valence-electron chi connectivity index (χ2n) is 7.46. The normalized spacial score (nSPS) is 16.9. The Morgan fingerprint density at radius 2 is 1.96 bits per heavy atom. The minimum absolute atomic E-state index is 0. The second-order valence-corrected chi connectivity index (χ2v) is 7.46. The van der Waals surface area contributed by atoms with E-state index in [9.17, 15) is 4.79 Å². The molecule has 2 aromatic rings. The zero-order chi connectivity index (χ0) is 19.2. The molecule has 152 valence electrons. The molecular weight excluding hydrogens is 463 g/mol. The number of likely N-dealkylation sites (tertiary alicyclic amines) is 1. The molecule has 28 heavy (non-hydrogen) atoms. The quantitative estimate of drug-likeness (QED) is 0.381. The molecule has 2 aromatic carbocycles. The van der Waals surface area contributed by atoms with E-state index in [0.717, 1.165) is 38.4 Å². The molecule has 3 rings (SSSR count). The fourth-order valence-corrected chi connectivity index (χ4v) is 3.66. The first-order chi connectivity index (χ1) is 13.1. The minimum Gasteiger partial charge on any atom is -0.356 e. The molecule has 1 amide bonds. The van der Waals surface area contributed by atoms with E-state index >= 15 is 0 Å². The predicted molar refractivity (Wildman–Crippen MR) is 127 cm³/mol. The molecule has 0 aromatic heterocycles. The van der Waals surface area contributed by atoms with E-state index < -0.39 is 0 Å². The van der Waals surface area contributed by atoms with Crippen LogP contribution in [0.4, 0.5) is 0 Å². The van der Waals surface area contributed by atoms with Crippen molar-refractivity contribution in [2.75, 3.05) is 26.7 Å². The van der Waals surface area contributed by atoms with Crippen molar-refractivity contribution >= 4 is 46.6 Å². The standard InChI is InChI=1S/C22H30N4O.HI/c1-16(2)21(27)26-14-12-19(15-26)25-22(23-3)24-13-11-18-9-6-8-17-7-4-5-10-20(17)18;/h4-10,16,19H,11-15H2,1-3H3,(H2,23,24,25);1H. The molecule has 5 nitrogen and oxygen atoms in total. The van der Waals surface area contributed by atoms with Crippen LogP contribution in [0.1, 0.15) is 25.8 Å². The predicted octanol–water partition coefficient (Wildman–Crippen LogP) is 3.42. The number of nitrogens with zero attached hydrogens (tertiary/aromatic N) is 2. The maximum Gasteiger partial charge on any atom is 0.225 e. The fraction of sp³-hybridized carbons (Fsp3) is 0.455. The molecule has 0 bridgehead atoms. The van der Waals surface area contributed by atoms with Gasteiger partial charge in [-0.25, -0.2) is 0 Å². The average molecular weight is 494 g/mol. The summed E-state index contributed by atoms with van der Waals surface area (Å²) in [4.78, 5) is 18.4. The average Bonchev–Trinajstić information content (AvgIpc) is 3.15. The molecule has 1 unspecified atom stereocenters. The van der Waals surface area contributed by atoms with Gasteiger partial charge in [-0.05, 0) is 29.2 Å². The molecule has 0 saturated carbocycles. The Morgan fingerprint density at radius 3 is 2.71 bits per heavy atom. The monoisotopic (exact) mass is 494 g/mol. The molecule has 6 heteroatoms. The van der Waals surface area contributed by atoms with Crippen molar-refractivity contribution in [3.8, 4) is 0 Å². The van der Waals surface area contributed by atoms with E-state index in [-0.39, 0.29) is 41.8 Å². The molecule has 1 aliphatic heterocycles. The third-order valence-electron chi connectivity index (χ3n) is 5.12. The maximum absolute atomic E-state index is 12.1. The highest BCUT2D eigenvalue weighted by atomic mass is 127. The van der Waals surface area contributed by atoms with Gasteiger partial charge in [0.25, 0.3) is 0 Å². The summed E-state index contributed by atoms with van der Waals surface area (Å²) in [5.41, 5.74) is 1.34. The third-order valence-corrected chi connectivity index (χ3v) is 5.12. The summed E-state index contributed by atoms with van der Waals surface area (Å²) in [6, 6.07) is 15.2. The van der Waals surface area contributed by atoms with Crippen LogP contribution in [0, 0.1) is 5.92 Å². The van der Waals surface area contributed by atoms with E-state index in [4.69, 9.17) is 0 Å². The van der Waals surface area contributed by atoms with Gasteiger partial charge in [-0.1, -0.05) is 56.3 Å². The number of benzene rings is 2. The summed E-state index contributed by atoms with van der Waals surface area (Å²) in [6.45, 7) is 6.30. The van der Waals surface area contributed by atoms with Gasteiger partial charge >= 0.3 is 0 Å². The Bertz CT molecular complexity index is 816. The number of fused-ring (bicyclic) bond motifs is 1. The number of nitrogens with one attached hydrogen (secondary N) is 2. The smallest absolute Gasteiger partial charge is 0.225 e. The van der Waals surface area contributed by atoms with Gasteiger partial charge in [-0.15, -0.1) is 24.0 Å². The Hall–Kier alpha value is -1.83. The van der Waals surface area contributed by atoms with Gasteiger partial charge < -0.3 is 15.5 Å². The van der Waals surface area contributed by atoms with Gasteiger partial charge in [0.2, 0.25) is 5.91 Å². The van der Waals surface area contributed by atoms with Crippen LogP contribution in [0.25, 0.3) is 10.8 Å². The van der Waals surface area contributed by atoms with Crippen molar-refractivity contribution in [2.24, 2.45) is 10.9 Å². The first-order valence-corrected chi connectivity index (χ1v) is 9.81. The van der Waals surface area contributed by atoms with Gasteiger partial charge in [0.15, 0.2) is 5.96 Å². The van der Waals surface area contributed by atoms with Crippen LogP contribution >= 0.6 is 24.0 Å². The van der Waals surface area contributed by atoms with E-state index in [0.29, 0.717) is 0 Å². The molecule has 2 N–H and O–H groups in total. The van der Waals surface area contributed by atoms with E-state index in [1.54, 1.807) is 7.05 Å². The first-order valence-electron chi connectivity index (χ1n) is 9.81. The summed E-state index contributed by atoms with van der Waals surface area (Å²) >= 11 is 0. The first kappa shape index (κ1) is 22.5. The van der Waals surface area contributed by atoms with Crippen molar-refractivity contribution in [2.45, 2.75) is 32.7 Å². The second kappa shape index (κ2) is 10.6. The van der Waals surface area contributed by atoms with Crippen molar-refractivity contribution in [3.05, 3.63) is 48.0 Å². The number of amides is 1. The molecule has 1 atom stereocenters. The summed E-state index contributed by atoms with van der Waals surface area (Å²) in [6.07, 6.45) is 1.90. The molecule has 1 aliphatic rings. The Kier molecular flexibility index (Phi) is 8.54. The van der Waals surface area contributed by atoms with Gasteiger partial charge in [0, 0.05) is 38.6 Å². The van der Waals surface area contributed by atoms with E-state index in [1.807, 2.05) is 18.7 Å². The topological polar surface area (TPSA) is 56.7 Å². The van der Waals surface area contributed by atoms with Crippen LogP contribution in [0.3, 0.4) is 0 Å². The Balaban J connectivity index is 0.00000280.